The Balaban J connectivity index is 1.49. The molecule has 1 aliphatic rings. The Labute approximate surface area is 193 Å². The van der Waals surface area contributed by atoms with E-state index in [-0.39, 0.29) is 11.1 Å². The Hall–Kier alpha value is -3.75. The standard InChI is InChI=1S/C25H22F3N5O/c1-13(17-4-3-5-18(23(17)26)24(27)28)30-25-19-12-29-20(11-21(19)31-14(2)32-25)15-8-9-33(16-6-7-16)22(34)10-15/h3-5,8-13,16,24H,6-7H2,1-2H3,(H,30,31,32). The summed E-state index contributed by atoms with van der Waals surface area (Å²) in [6.07, 6.45) is 2.53. The quantitative estimate of drug-likeness (QED) is 0.393. The van der Waals surface area contributed by atoms with Crippen molar-refractivity contribution in [3.05, 3.63) is 81.9 Å². The average molecular weight is 465 g/mol. The first-order valence-corrected chi connectivity index (χ1v) is 11.0. The van der Waals surface area contributed by atoms with Gasteiger partial charge in [-0.15, -0.1) is 0 Å². The number of hydrogen-bond donors (Lipinski definition) is 1. The Kier molecular flexibility index (Phi) is 5.55. The summed E-state index contributed by atoms with van der Waals surface area (Å²) in [5.41, 5.74) is 1.30. The van der Waals surface area contributed by atoms with Crippen molar-refractivity contribution < 1.29 is 13.2 Å². The van der Waals surface area contributed by atoms with Gasteiger partial charge >= 0.3 is 0 Å². The predicted molar refractivity (Wildman–Crippen MR) is 123 cm³/mol. The van der Waals surface area contributed by atoms with Gasteiger partial charge < -0.3 is 9.88 Å². The van der Waals surface area contributed by atoms with Gasteiger partial charge in [0.1, 0.15) is 17.5 Å². The molecule has 1 unspecified atom stereocenters. The van der Waals surface area contributed by atoms with Gasteiger partial charge in [0.15, 0.2) is 0 Å². The van der Waals surface area contributed by atoms with Crippen molar-refractivity contribution in [1.82, 2.24) is 19.5 Å². The number of anilines is 1. The summed E-state index contributed by atoms with van der Waals surface area (Å²) in [7, 11) is 0. The molecule has 1 fully saturated rings. The molecule has 1 atom stereocenters. The molecule has 1 saturated carbocycles. The maximum absolute atomic E-state index is 14.6. The third-order valence-corrected chi connectivity index (χ3v) is 5.99. The van der Waals surface area contributed by atoms with Gasteiger partial charge in [0.05, 0.1) is 28.2 Å². The summed E-state index contributed by atoms with van der Waals surface area (Å²) < 4.78 is 42.6. The summed E-state index contributed by atoms with van der Waals surface area (Å²) in [5, 5.41) is 3.71. The largest absolute Gasteiger partial charge is 0.363 e. The van der Waals surface area contributed by atoms with E-state index in [2.05, 4.69) is 20.3 Å². The van der Waals surface area contributed by atoms with Crippen LogP contribution in [0.1, 0.15) is 55.2 Å². The predicted octanol–water partition coefficient (Wildman–Crippen LogP) is 5.75. The number of nitrogens with one attached hydrogen (secondary N) is 1. The summed E-state index contributed by atoms with van der Waals surface area (Å²) in [6, 6.07) is 8.82. The van der Waals surface area contributed by atoms with Crippen LogP contribution in [0, 0.1) is 12.7 Å². The van der Waals surface area contributed by atoms with Crippen LogP contribution in [0.25, 0.3) is 22.2 Å². The number of halogens is 3. The number of benzene rings is 1. The normalized spacial score (nSPS) is 14.5. The van der Waals surface area contributed by atoms with Crippen molar-refractivity contribution in [3.63, 3.8) is 0 Å². The Morgan fingerprint density at radius 1 is 1.12 bits per heavy atom. The molecule has 0 amide bonds. The maximum atomic E-state index is 14.6. The van der Waals surface area contributed by atoms with Crippen molar-refractivity contribution in [3.8, 4) is 11.3 Å². The van der Waals surface area contributed by atoms with Crippen LogP contribution < -0.4 is 10.9 Å². The fourth-order valence-electron chi connectivity index (χ4n) is 4.07. The highest BCUT2D eigenvalue weighted by Gasteiger charge is 2.24. The number of fused-ring (bicyclic) bond motifs is 1. The van der Waals surface area contributed by atoms with E-state index in [1.165, 1.54) is 12.1 Å². The monoisotopic (exact) mass is 465 g/mol. The number of hydrogen-bond acceptors (Lipinski definition) is 5. The molecular formula is C25H22F3N5O. The van der Waals surface area contributed by atoms with Gasteiger partial charge in [-0.3, -0.25) is 9.78 Å². The molecule has 3 aromatic heterocycles. The molecule has 0 bridgehead atoms. The molecule has 0 saturated heterocycles. The van der Waals surface area contributed by atoms with Gasteiger partial charge in [-0.2, -0.15) is 0 Å². The summed E-state index contributed by atoms with van der Waals surface area (Å²) in [5.74, 6) is -0.0423. The molecule has 0 radical (unpaired) electrons. The van der Waals surface area contributed by atoms with Crippen LogP contribution in [0.5, 0.6) is 0 Å². The van der Waals surface area contributed by atoms with E-state index in [0.717, 1.165) is 18.9 Å². The molecule has 4 aromatic rings. The SMILES string of the molecule is Cc1nc(NC(C)c2cccc(C(F)F)c2F)c2cnc(-c3ccn(C4CC4)c(=O)c3)cc2n1. The third kappa shape index (κ3) is 4.13. The fraction of sp³-hybridized carbons (Fsp3) is 0.280. The van der Waals surface area contributed by atoms with Crippen LogP contribution >= 0.6 is 0 Å². The molecule has 1 aromatic carbocycles. The summed E-state index contributed by atoms with van der Waals surface area (Å²) in [4.78, 5) is 25.8. The summed E-state index contributed by atoms with van der Waals surface area (Å²) >= 11 is 0. The van der Waals surface area contributed by atoms with Crippen molar-refractivity contribution in [1.29, 1.82) is 0 Å². The van der Waals surface area contributed by atoms with Gasteiger partial charge in [-0.1, -0.05) is 18.2 Å². The third-order valence-electron chi connectivity index (χ3n) is 5.99. The molecule has 34 heavy (non-hydrogen) atoms. The van der Waals surface area contributed by atoms with Crippen LogP contribution in [0.15, 0.2) is 53.6 Å². The number of rotatable bonds is 6. The number of alkyl halides is 2. The van der Waals surface area contributed by atoms with Crippen molar-refractivity contribution in [2.45, 2.75) is 45.2 Å². The van der Waals surface area contributed by atoms with Crippen LogP contribution in [0.2, 0.25) is 0 Å². The van der Waals surface area contributed by atoms with Crippen LogP contribution in [-0.4, -0.2) is 19.5 Å². The minimum absolute atomic E-state index is 0.0648. The lowest BCUT2D eigenvalue weighted by molar-refractivity contribution is 0.146. The minimum atomic E-state index is -2.90. The zero-order valence-corrected chi connectivity index (χ0v) is 18.6. The van der Waals surface area contributed by atoms with E-state index in [9.17, 15) is 18.0 Å². The van der Waals surface area contributed by atoms with Gasteiger partial charge in [-0.05, 0) is 38.8 Å². The molecule has 1 N–H and O–H groups in total. The first-order valence-electron chi connectivity index (χ1n) is 11.0. The van der Waals surface area contributed by atoms with Crippen LogP contribution in [0.4, 0.5) is 19.0 Å². The fourth-order valence-corrected chi connectivity index (χ4v) is 4.07. The van der Waals surface area contributed by atoms with Crippen molar-refractivity contribution >= 4 is 16.7 Å². The van der Waals surface area contributed by atoms with Crippen molar-refractivity contribution in [2.75, 3.05) is 5.32 Å². The van der Waals surface area contributed by atoms with E-state index in [4.69, 9.17) is 0 Å². The van der Waals surface area contributed by atoms with Crippen LogP contribution in [0.3, 0.4) is 0 Å². The maximum Gasteiger partial charge on any atom is 0.266 e. The molecule has 3 heterocycles. The topological polar surface area (TPSA) is 72.7 Å². The van der Waals surface area contributed by atoms with Gasteiger partial charge in [-0.25, -0.2) is 23.1 Å². The molecule has 1 aliphatic carbocycles. The first kappa shape index (κ1) is 22.1. The lowest BCUT2D eigenvalue weighted by atomic mass is 10.0. The van der Waals surface area contributed by atoms with E-state index in [0.29, 0.717) is 39.8 Å². The highest BCUT2D eigenvalue weighted by Crippen LogP contribution is 2.34. The zero-order chi connectivity index (χ0) is 24.0. The Morgan fingerprint density at radius 2 is 1.88 bits per heavy atom. The van der Waals surface area contributed by atoms with E-state index in [1.54, 1.807) is 42.9 Å². The number of pyridine rings is 2. The Morgan fingerprint density at radius 3 is 2.59 bits per heavy atom. The molecular weight excluding hydrogens is 443 g/mol. The highest BCUT2D eigenvalue weighted by molar-refractivity contribution is 5.90. The summed E-state index contributed by atoms with van der Waals surface area (Å²) in [6.45, 7) is 3.40. The number of nitrogens with zero attached hydrogens (tertiary/aromatic N) is 4. The zero-order valence-electron chi connectivity index (χ0n) is 18.6. The van der Waals surface area contributed by atoms with E-state index < -0.39 is 23.8 Å². The second kappa shape index (κ2) is 8.55. The van der Waals surface area contributed by atoms with Crippen molar-refractivity contribution in [2.24, 2.45) is 0 Å². The number of aromatic nitrogens is 4. The first-order chi connectivity index (χ1) is 16.3. The van der Waals surface area contributed by atoms with Crippen LogP contribution in [-0.2, 0) is 0 Å². The van der Waals surface area contributed by atoms with E-state index in [1.807, 2.05) is 6.07 Å². The molecule has 5 rings (SSSR count). The minimum Gasteiger partial charge on any atom is -0.363 e. The van der Waals surface area contributed by atoms with E-state index >= 15 is 0 Å². The van der Waals surface area contributed by atoms with Gasteiger partial charge in [0.2, 0.25) is 0 Å². The smallest absolute Gasteiger partial charge is 0.266 e. The second-order valence-corrected chi connectivity index (χ2v) is 8.52. The number of aryl methyl sites for hydroxylation is 1. The molecule has 9 heteroatoms. The van der Waals surface area contributed by atoms with Gasteiger partial charge in [0.25, 0.3) is 12.0 Å². The molecule has 0 spiro atoms. The average Bonchev–Trinajstić information content (AvgIpc) is 3.63. The molecule has 0 aliphatic heterocycles. The Bertz CT molecular complexity index is 1450. The van der Waals surface area contributed by atoms with Gasteiger partial charge in [0, 0.05) is 35.6 Å². The highest BCUT2D eigenvalue weighted by atomic mass is 19.3. The second-order valence-electron chi connectivity index (χ2n) is 8.52. The molecule has 6 nitrogen and oxygen atoms in total. The molecule has 174 valence electrons. The lowest BCUT2D eigenvalue weighted by Gasteiger charge is -2.18. The lowest BCUT2D eigenvalue weighted by Crippen LogP contribution is -2.17.